The fourth-order valence-electron chi connectivity index (χ4n) is 2.77. The molecule has 2 heteroatoms. The van der Waals surface area contributed by atoms with Gasteiger partial charge in [0.05, 0.1) is 30.2 Å². The molecular formula is C24H16N2. The Kier molecular flexibility index (Phi) is 1.48. The summed E-state index contributed by atoms with van der Waals surface area (Å²) >= 11 is 0. The number of rotatable bonds is 2. The van der Waals surface area contributed by atoms with Crippen LogP contribution in [0, 0.1) is 0 Å². The zero-order valence-corrected chi connectivity index (χ0v) is 13.0. The summed E-state index contributed by atoms with van der Waals surface area (Å²) in [6.07, 6.45) is -1.23. The lowest BCUT2D eigenvalue weighted by Gasteiger charge is -2.11. The molecule has 0 amide bonds. The molecule has 0 saturated heterocycles. The lowest BCUT2D eigenvalue weighted by molar-refractivity contribution is 1.37. The van der Waals surface area contributed by atoms with Crippen LogP contribution in [0.5, 0.6) is 0 Å². The second kappa shape index (κ2) is 6.08. The van der Waals surface area contributed by atoms with Crippen LogP contribution in [-0.4, -0.2) is 9.97 Å². The second-order valence-corrected chi connectivity index (χ2v) is 5.31. The van der Waals surface area contributed by atoms with E-state index in [2.05, 4.69) is 9.97 Å². The number of fused-ring (bicyclic) bond motifs is 3. The molecule has 0 N–H and O–H groups in total. The summed E-state index contributed by atoms with van der Waals surface area (Å²) in [5, 5.41) is 0.146. The molecule has 0 bridgehead atoms. The molecule has 0 atom stereocenters. The predicted molar refractivity (Wildman–Crippen MR) is 108 cm³/mol. The van der Waals surface area contributed by atoms with Gasteiger partial charge in [-0.05, 0) is 34.3 Å². The quantitative estimate of drug-likeness (QED) is 0.360. The van der Waals surface area contributed by atoms with E-state index in [0.717, 1.165) is 0 Å². The van der Waals surface area contributed by atoms with Crippen molar-refractivity contribution in [2.24, 2.45) is 0 Å². The van der Waals surface area contributed by atoms with Crippen LogP contribution in [0.3, 0.4) is 0 Å². The highest BCUT2D eigenvalue weighted by Gasteiger charge is 2.11. The van der Waals surface area contributed by atoms with Crippen LogP contribution in [0.1, 0.15) is 19.2 Å². The Bertz CT molecular complexity index is 1760. The van der Waals surface area contributed by atoms with Gasteiger partial charge in [0.25, 0.3) is 0 Å². The Morgan fingerprint density at radius 1 is 0.538 bits per heavy atom. The van der Waals surface area contributed by atoms with E-state index >= 15 is 0 Å². The Morgan fingerprint density at radius 3 is 1.38 bits per heavy atom. The zero-order valence-electron chi connectivity index (χ0n) is 27.0. The Balaban J connectivity index is 2.00. The van der Waals surface area contributed by atoms with Gasteiger partial charge in [0.15, 0.2) is 0 Å². The standard InChI is InChI=1S/C24H16N2/c1-3-7-17(8-4-1)19-13-15-25-23-21(19)11-12-22-20(14-16-26-24(22)23)18-9-5-2-6-10-18/h1-16H/i1D,2D,3D,4D,5D,6D,7D,8D,9D,10D,13D,14D,15D,16D. The average molecular weight is 346 g/mol. The highest BCUT2D eigenvalue weighted by atomic mass is 14.7. The molecule has 0 fully saturated rings. The molecule has 0 saturated carbocycles. The molecule has 0 aliphatic carbocycles. The third-order valence-corrected chi connectivity index (χ3v) is 3.89. The fraction of sp³-hybridized carbons (Fsp3) is 0. The molecule has 0 radical (unpaired) electrons. The van der Waals surface area contributed by atoms with E-state index in [0.29, 0.717) is 0 Å². The van der Waals surface area contributed by atoms with E-state index in [1.54, 1.807) is 0 Å². The number of benzene rings is 3. The molecule has 26 heavy (non-hydrogen) atoms. The second-order valence-electron chi connectivity index (χ2n) is 5.31. The van der Waals surface area contributed by atoms with Crippen molar-refractivity contribution < 1.29 is 19.2 Å². The topological polar surface area (TPSA) is 25.8 Å². The minimum Gasteiger partial charge on any atom is -0.254 e. The zero-order chi connectivity index (χ0) is 29.5. The number of hydrogen-bond donors (Lipinski definition) is 0. The maximum absolute atomic E-state index is 8.51. The van der Waals surface area contributed by atoms with Crippen molar-refractivity contribution >= 4 is 21.8 Å². The Morgan fingerprint density at radius 2 is 0.962 bits per heavy atom. The monoisotopic (exact) mass is 346 g/mol. The van der Waals surface area contributed by atoms with E-state index in [9.17, 15) is 0 Å². The van der Waals surface area contributed by atoms with Crippen molar-refractivity contribution in [1.82, 2.24) is 9.97 Å². The summed E-state index contributed by atoms with van der Waals surface area (Å²) in [6.45, 7) is 0. The number of nitrogens with zero attached hydrogens (tertiary/aromatic N) is 2. The van der Waals surface area contributed by atoms with Gasteiger partial charge in [-0.1, -0.05) is 72.6 Å². The van der Waals surface area contributed by atoms with Crippen molar-refractivity contribution in [3.8, 4) is 22.3 Å². The minimum atomic E-state index is -0.637. The predicted octanol–water partition coefficient (Wildman–Crippen LogP) is 6.12. The van der Waals surface area contributed by atoms with Crippen molar-refractivity contribution in [2.75, 3.05) is 0 Å². The van der Waals surface area contributed by atoms with Gasteiger partial charge in [-0.2, -0.15) is 0 Å². The van der Waals surface area contributed by atoms with Crippen LogP contribution >= 0.6 is 0 Å². The Hall–Kier alpha value is -3.52. The summed E-state index contributed by atoms with van der Waals surface area (Å²) in [6, 6.07) is -4.47. The largest absolute Gasteiger partial charge is 0.254 e. The molecule has 3 aromatic carbocycles. The maximum Gasteiger partial charge on any atom is 0.0970 e. The molecule has 2 heterocycles. The van der Waals surface area contributed by atoms with Crippen molar-refractivity contribution in [1.29, 1.82) is 0 Å². The van der Waals surface area contributed by atoms with Gasteiger partial charge in [0.2, 0.25) is 0 Å². The molecule has 5 rings (SSSR count). The van der Waals surface area contributed by atoms with Crippen molar-refractivity contribution in [3.63, 3.8) is 0 Å². The third kappa shape index (κ3) is 2.35. The first kappa shape index (κ1) is 6.33. The summed E-state index contributed by atoms with van der Waals surface area (Å²) in [4.78, 5) is 8.26. The smallest absolute Gasteiger partial charge is 0.0970 e. The van der Waals surface area contributed by atoms with Gasteiger partial charge >= 0.3 is 0 Å². The van der Waals surface area contributed by atoms with Gasteiger partial charge in [-0.25, -0.2) is 0 Å². The van der Waals surface area contributed by atoms with Crippen LogP contribution in [0.4, 0.5) is 0 Å². The number of pyridine rings is 2. The average Bonchev–Trinajstić information content (AvgIpc) is 2.92. The highest BCUT2D eigenvalue weighted by Crippen LogP contribution is 2.34. The fourth-order valence-corrected chi connectivity index (χ4v) is 2.77. The van der Waals surface area contributed by atoms with Crippen LogP contribution in [0.15, 0.2) is 97.0 Å². The highest BCUT2D eigenvalue weighted by molar-refractivity contribution is 6.11. The minimum absolute atomic E-state index is 0.0728. The number of aromatic nitrogens is 2. The first-order valence-electron chi connectivity index (χ1n) is 14.6. The SMILES string of the molecule is [2H]c1nc2c(ccc3c(-c4c([2H])c([2H])c([2H])c([2H])c4[2H])c([2H])c([2H])nc32)c(-c2c([2H])c([2H])c([2H])c([2H])c2[2H])c1[2H]. The van der Waals surface area contributed by atoms with Crippen LogP contribution in [-0.2, 0) is 0 Å². The van der Waals surface area contributed by atoms with Crippen LogP contribution < -0.4 is 0 Å². The van der Waals surface area contributed by atoms with Gasteiger partial charge in [0.1, 0.15) is 0 Å². The Labute approximate surface area is 171 Å². The third-order valence-electron chi connectivity index (χ3n) is 3.89. The first-order chi connectivity index (χ1) is 18.7. The van der Waals surface area contributed by atoms with E-state index in [1.165, 1.54) is 12.1 Å². The van der Waals surface area contributed by atoms with Crippen molar-refractivity contribution in [2.45, 2.75) is 0 Å². The number of hydrogen-bond acceptors (Lipinski definition) is 2. The van der Waals surface area contributed by atoms with E-state index < -0.39 is 84.9 Å². The normalized spacial score (nSPS) is 18.6. The van der Waals surface area contributed by atoms with Crippen molar-refractivity contribution in [3.05, 3.63) is 97.0 Å². The van der Waals surface area contributed by atoms with E-state index in [-0.39, 0.29) is 44.1 Å². The lowest BCUT2D eigenvalue weighted by atomic mass is 9.97. The molecule has 0 aliphatic rings. The summed E-state index contributed by atoms with van der Waals surface area (Å²) < 4.78 is 115. The van der Waals surface area contributed by atoms with E-state index in [4.69, 9.17) is 19.2 Å². The molecule has 122 valence electrons. The molecule has 0 unspecified atom stereocenters. The summed E-state index contributed by atoms with van der Waals surface area (Å²) in [7, 11) is 0. The molecule has 0 aliphatic heterocycles. The molecule has 0 spiro atoms. The van der Waals surface area contributed by atoms with Gasteiger partial charge < -0.3 is 0 Å². The van der Waals surface area contributed by atoms with Crippen LogP contribution in [0.25, 0.3) is 44.1 Å². The molecular weight excluding hydrogens is 316 g/mol. The first-order valence-corrected chi connectivity index (χ1v) is 7.56. The molecule has 5 aromatic rings. The van der Waals surface area contributed by atoms with E-state index in [1.807, 2.05) is 0 Å². The van der Waals surface area contributed by atoms with Crippen LogP contribution in [0.2, 0.25) is 0 Å². The molecule has 2 aromatic heterocycles. The summed E-state index contributed by atoms with van der Waals surface area (Å²) in [5.41, 5.74) is -1.21. The molecule has 2 nitrogen and oxygen atoms in total. The maximum atomic E-state index is 8.51. The van der Waals surface area contributed by atoms with Gasteiger partial charge in [-0.3, -0.25) is 9.97 Å². The van der Waals surface area contributed by atoms with Gasteiger partial charge in [0, 0.05) is 23.1 Å². The summed E-state index contributed by atoms with van der Waals surface area (Å²) in [5.74, 6) is 0. The lowest BCUT2D eigenvalue weighted by Crippen LogP contribution is -1.90. The van der Waals surface area contributed by atoms with Gasteiger partial charge in [-0.15, -0.1) is 0 Å².